The van der Waals surface area contributed by atoms with Crippen molar-refractivity contribution in [3.8, 4) is 11.5 Å². The fourth-order valence-electron chi connectivity index (χ4n) is 4.44. The summed E-state index contributed by atoms with van der Waals surface area (Å²) in [4.78, 5) is 40.4. The highest BCUT2D eigenvalue weighted by molar-refractivity contribution is 6.51. The molecule has 1 aliphatic rings. The van der Waals surface area contributed by atoms with Gasteiger partial charge in [0.05, 0.1) is 49.1 Å². The van der Waals surface area contributed by atoms with Crippen LogP contribution in [-0.2, 0) is 20.7 Å². The van der Waals surface area contributed by atoms with Crippen molar-refractivity contribution >= 4 is 40.7 Å². The van der Waals surface area contributed by atoms with Gasteiger partial charge in [0.2, 0.25) is 0 Å². The van der Waals surface area contributed by atoms with Gasteiger partial charge < -0.3 is 19.3 Å². The van der Waals surface area contributed by atoms with Gasteiger partial charge in [0.25, 0.3) is 11.7 Å². The van der Waals surface area contributed by atoms with Gasteiger partial charge >= 0.3 is 5.97 Å². The summed E-state index contributed by atoms with van der Waals surface area (Å²) in [5.74, 6) is -2.37. The van der Waals surface area contributed by atoms with Crippen molar-refractivity contribution in [1.82, 2.24) is 0 Å². The molecule has 1 N–H and O–H groups in total. The van der Waals surface area contributed by atoms with Crippen LogP contribution < -0.4 is 14.4 Å². The van der Waals surface area contributed by atoms with E-state index in [4.69, 9.17) is 25.8 Å². The molecule has 1 amide bonds. The maximum absolute atomic E-state index is 13.5. The van der Waals surface area contributed by atoms with E-state index in [1.165, 1.54) is 44.4 Å². The highest BCUT2D eigenvalue weighted by atomic mass is 35.5. The number of methoxy groups -OCH3 is 3. The monoisotopic (exact) mass is 535 g/mol. The van der Waals surface area contributed by atoms with Crippen LogP contribution in [0.2, 0.25) is 5.02 Å². The van der Waals surface area contributed by atoms with Crippen LogP contribution in [0.3, 0.4) is 0 Å². The third kappa shape index (κ3) is 4.70. The second-order valence-electron chi connectivity index (χ2n) is 8.49. The molecule has 1 saturated heterocycles. The smallest absolute Gasteiger partial charge is 0.337 e. The SMILES string of the molecule is CCc1ccc(C2/C(=C(\O)c3cc(OC)c(Cl)cc3OC)C(=O)C(=O)N2c2cccc(C(=O)OC)c2)cc1. The lowest BCUT2D eigenvalue weighted by atomic mass is 9.94. The van der Waals surface area contributed by atoms with Crippen LogP contribution in [0, 0.1) is 0 Å². The van der Waals surface area contributed by atoms with Crippen molar-refractivity contribution in [3.05, 3.63) is 93.5 Å². The first kappa shape index (κ1) is 26.8. The van der Waals surface area contributed by atoms with Gasteiger partial charge in [0, 0.05) is 11.8 Å². The number of ether oxygens (including phenoxy) is 3. The number of anilines is 1. The fourth-order valence-corrected chi connectivity index (χ4v) is 4.67. The zero-order valence-electron chi connectivity index (χ0n) is 21.3. The number of rotatable bonds is 7. The molecule has 0 radical (unpaired) electrons. The predicted octanol–water partition coefficient (Wildman–Crippen LogP) is 5.33. The number of aliphatic hydroxyl groups is 1. The number of carbonyl (C=O) groups excluding carboxylic acids is 3. The summed E-state index contributed by atoms with van der Waals surface area (Å²) in [6.45, 7) is 2.01. The molecule has 0 aromatic heterocycles. The van der Waals surface area contributed by atoms with Crippen molar-refractivity contribution in [2.24, 2.45) is 0 Å². The summed E-state index contributed by atoms with van der Waals surface area (Å²) in [5.41, 5.74) is 2.12. The number of aliphatic hydroxyl groups excluding tert-OH is 1. The van der Waals surface area contributed by atoms with Crippen LogP contribution in [0.1, 0.15) is 40.0 Å². The summed E-state index contributed by atoms with van der Waals surface area (Å²) < 4.78 is 15.5. The molecule has 0 spiro atoms. The molecule has 8 nitrogen and oxygen atoms in total. The quantitative estimate of drug-likeness (QED) is 0.189. The summed E-state index contributed by atoms with van der Waals surface area (Å²) in [7, 11) is 4.07. The third-order valence-electron chi connectivity index (χ3n) is 6.42. The molecule has 3 aromatic carbocycles. The maximum Gasteiger partial charge on any atom is 0.337 e. The van der Waals surface area contributed by atoms with Crippen molar-refractivity contribution in [1.29, 1.82) is 0 Å². The van der Waals surface area contributed by atoms with Crippen LogP contribution in [0.15, 0.2) is 66.2 Å². The molecule has 196 valence electrons. The first-order valence-electron chi connectivity index (χ1n) is 11.8. The summed E-state index contributed by atoms with van der Waals surface area (Å²) in [6.07, 6.45) is 0.795. The lowest BCUT2D eigenvalue weighted by Gasteiger charge is -2.26. The maximum atomic E-state index is 13.5. The number of carbonyl (C=O) groups is 3. The molecule has 1 aliphatic heterocycles. The average Bonchev–Trinajstić information content (AvgIpc) is 3.21. The molecule has 4 rings (SSSR count). The topological polar surface area (TPSA) is 102 Å². The minimum Gasteiger partial charge on any atom is -0.507 e. The highest BCUT2D eigenvalue weighted by Gasteiger charge is 2.47. The number of Topliss-reactive ketones (excluding diaryl/α,β-unsaturated/α-hetero) is 1. The predicted molar refractivity (Wildman–Crippen MR) is 143 cm³/mol. The van der Waals surface area contributed by atoms with Gasteiger partial charge in [-0.15, -0.1) is 0 Å². The zero-order valence-corrected chi connectivity index (χ0v) is 22.0. The highest BCUT2D eigenvalue weighted by Crippen LogP contribution is 2.45. The number of ketones is 1. The number of amides is 1. The van der Waals surface area contributed by atoms with E-state index < -0.39 is 29.5 Å². The summed E-state index contributed by atoms with van der Waals surface area (Å²) in [5, 5.41) is 11.8. The van der Waals surface area contributed by atoms with E-state index in [0.29, 0.717) is 11.3 Å². The molecule has 1 unspecified atom stereocenters. The molecule has 38 heavy (non-hydrogen) atoms. The Morgan fingerprint density at radius 1 is 0.974 bits per heavy atom. The van der Waals surface area contributed by atoms with E-state index in [-0.39, 0.29) is 33.2 Å². The second kappa shape index (κ2) is 11.0. The van der Waals surface area contributed by atoms with Gasteiger partial charge in [-0.05, 0) is 41.8 Å². The van der Waals surface area contributed by atoms with E-state index in [9.17, 15) is 19.5 Å². The van der Waals surface area contributed by atoms with E-state index >= 15 is 0 Å². The normalized spacial score (nSPS) is 16.4. The zero-order chi connectivity index (χ0) is 27.6. The molecular weight excluding hydrogens is 510 g/mol. The van der Waals surface area contributed by atoms with Gasteiger partial charge in [-0.2, -0.15) is 0 Å². The fraction of sp³-hybridized carbons (Fsp3) is 0.207. The van der Waals surface area contributed by atoms with Crippen molar-refractivity contribution < 1.29 is 33.7 Å². The number of halogens is 1. The number of esters is 1. The molecule has 0 saturated carbocycles. The van der Waals surface area contributed by atoms with Gasteiger partial charge in [0.15, 0.2) is 0 Å². The molecule has 0 aliphatic carbocycles. The molecule has 3 aromatic rings. The van der Waals surface area contributed by atoms with E-state index in [0.717, 1.165) is 12.0 Å². The number of hydrogen-bond donors (Lipinski definition) is 1. The Bertz CT molecular complexity index is 1450. The Labute approximate surface area is 225 Å². The third-order valence-corrected chi connectivity index (χ3v) is 6.72. The Morgan fingerprint density at radius 3 is 2.26 bits per heavy atom. The van der Waals surface area contributed by atoms with Crippen LogP contribution in [0.25, 0.3) is 5.76 Å². The lowest BCUT2D eigenvalue weighted by molar-refractivity contribution is -0.132. The Balaban J connectivity index is 1.99. The Hall–Kier alpha value is -4.30. The minimum atomic E-state index is -1.000. The number of hydrogen-bond acceptors (Lipinski definition) is 7. The van der Waals surface area contributed by atoms with E-state index in [1.807, 2.05) is 19.1 Å². The molecule has 1 heterocycles. The molecule has 9 heteroatoms. The molecule has 0 bridgehead atoms. The minimum absolute atomic E-state index is 0.130. The number of aryl methyl sites for hydroxylation is 1. The Morgan fingerprint density at radius 2 is 1.66 bits per heavy atom. The standard InChI is InChI=1S/C29H26ClNO7/c1-5-16-9-11-17(12-10-16)25-24(26(32)20-14-23(37-3)21(30)15-22(20)36-2)27(33)28(34)31(25)19-8-6-7-18(13-19)29(35)38-4/h6-15,25,32H,5H2,1-4H3/b26-24+. The van der Waals surface area contributed by atoms with Crippen molar-refractivity contribution in [2.75, 3.05) is 26.2 Å². The van der Waals surface area contributed by atoms with Gasteiger partial charge in [-0.3, -0.25) is 14.5 Å². The molecule has 1 atom stereocenters. The van der Waals surface area contributed by atoms with Crippen molar-refractivity contribution in [2.45, 2.75) is 19.4 Å². The number of nitrogens with zero attached hydrogens (tertiary/aromatic N) is 1. The second-order valence-corrected chi connectivity index (χ2v) is 8.90. The first-order chi connectivity index (χ1) is 18.2. The Kier molecular flexibility index (Phi) is 7.73. The largest absolute Gasteiger partial charge is 0.507 e. The van der Waals surface area contributed by atoms with E-state index in [1.54, 1.807) is 30.3 Å². The van der Waals surface area contributed by atoms with Crippen LogP contribution in [0.5, 0.6) is 11.5 Å². The molecule has 1 fully saturated rings. The lowest BCUT2D eigenvalue weighted by Crippen LogP contribution is -2.29. The summed E-state index contributed by atoms with van der Waals surface area (Å²) >= 11 is 6.24. The summed E-state index contributed by atoms with van der Waals surface area (Å²) in [6, 6.07) is 15.5. The van der Waals surface area contributed by atoms with Crippen LogP contribution in [-0.4, -0.2) is 44.1 Å². The van der Waals surface area contributed by atoms with Crippen LogP contribution >= 0.6 is 11.6 Å². The van der Waals surface area contributed by atoms with Gasteiger partial charge in [0.1, 0.15) is 17.3 Å². The molecular formula is C29H26ClNO7. The van der Waals surface area contributed by atoms with E-state index in [2.05, 4.69) is 0 Å². The average molecular weight is 536 g/mol. The number of benzene rings is 3. The van der Waals surface area contributed by atoms with Crippen LogP contribution in [0.4, 0.5) is 5.69 Å². The van der Waals surface area contributed by atoms with Gasteiger partial charge in [-0.1, -0.05) is 48.9 Å². The first-order valence-corrected chi connectivity index (χ1v) is 12.1. The van der Waals surface area contributed by atoms with Crippen molar-refractivity contribution in [3.63, 3.8) is 0 Å². The van der Waals surface area contributed by atoms with Gasteiger partial charge in [-0.25, -0.2) is 4.79 Å².